The Bertz CT molecular complexity index is 1100. The molecular formula is C21H19N3O2. The second-order valence-corrected chi connectivity index (χ2v) is 6.87. The lowest BCUT2D eigenvalue weighted by Gasteiger charge is -2.38. The highest BCUT2D eigenvalue weighted by Crippen LogP contribution is 2.46. The van der Waals surface area contributed by atoms with Gasteiger partial charge in [0.25, 0.3) is 0 Å². The first-order chi connectivity index (χ1) is 12.5. The van der Waals surface area contributed by atoms with Crippen LogP contribution in [0.5, 0.6) is 5.75 Å². The van der Waals surface area contributed by atoms with E-state index in [9.17, 15) is 4.79 Å². The van der Waals surface area contributed by atoms with E-state index >= 15 is 0 Å². The molecule has 1 aliphatic rings. The number of benzene rings is 2. The zero-order chi connectivity index (χ0) is 18.5. The number of nitrogens with zero attached hydrogens (tertiary/aromatic N) is 3. The van der Waals surface area contributed by atoms with Gasteiger partial charge in [0.15, 0.2) is 0 Å². The molecule has 5 nitrogen and oxygen atoms in total. The Morgan fingerprint density at radius 3 is 2.73 bits per heavy atom. The molecule has 130 valence electrons. The molecule has 5 heteroatoms. The van der Waals surface area contributed by atoms with E-state index in [1.165, 1.54) is 0 Å². The van der Waals surface area contributed by atoms with Crippen LogP contribution >= 0.6 is 0 Å². The maximum Gasteiger partial charge on any atom is 0.238 e. The van der Waals surface area contributed by atoms with Gasteiger partial charge in [-0.1, -0.05) is 18.2 Å². The summed E-state index contributed by atoms with van der Waals surface area (Å²) in [4.78, 5) is 19.8. The van der Waals surface area contributed by atoms with E-state index in [0.29, 0.717) is 12.8 Å². The van der Waals surface area contributed by atoms with E-state index in [-0.39, 0.29) is 5.91 Å². The minimum absolute atomic E-state index is 0.0255. The van der Waals surface area contributed by atoms with Gasteiger partial charge < -0.3 is 9.64 Å². The van der Waals surface area contributed by atoms with Gasteiger partial charge >= 0.3 is 0 Å². The van der Waals surface area contributed by atoms with Crippen LogP contribution < -0.4 is 9.64 Å². The van der Waals surface area contributed by atoms with E-state index in [1.807, 2.05) is 43.3 Å². The number of carbonyl (C=O) groups is 1. The minimum Gasteiger partial charge on any atom is -0.496 e. The van der Waals surface area contributed by atoms with Crippen molar-refractivity contribution in [3.63, 3.8) is 0 Å². The second-order valence-electron chi connectivity index (χ2n) is 6.87. The number of fused-ring (bicyclic) bond motifs is 2. The fraction of sp³-hybridized carbons (Fsp3) is 0.286. The average molecular weight is 345 g/mol. The minimum atomic E-state index is -0.825. The summed E-state index contributed by atoms with van der Waals surface area (Å²) in [5.41, 5.74) is 1.57. The van der Waals surface area contributed by atoms with Crippen LogP contribution in [0.3, 0.4) is 0 Å². The van der Waals surface area contributed by atoms with Gasteiger partial charge in [0.2, 0.25) is 5.91 Å². The number of aromatic nitrogens is 1. The number of pyridine rings is 1. The van der Waals surface area contributed by atoms with E-state index in [1.54, 1.807) is 19.1 Å². The van der Waals surface area contributed by atoms with Gasteiger partial charge in [0.05, 0.1) is 40.9 Å². The predicted molar refractivity (Wildman–Crippen MR) is 101 cm³/mol. The molecule has 0 radical (unpaired) electrons. The van der Waals surface area contributed by atoms with Crippen LogP contribution in [0.1, 0.15) is 25.5 Å². The summed E-state index contributed by atoms with van der Waals surface area (Å²) in [7, 11) is 3.44. The van der Waals surface area contributed by atoms with Crippen molar-refractivity contribution in [3.8, 4) is 11.8 Å². The molecule has 1 aromatic heterocycles. The Kier molecular flexibility index (Phi) is 3.58. The molecule has 0 aliphatic carbocycles. The summed E-state index contributed by atoms with van der Waals surface area (Å²) >= 11 is 0. The van der Waals surface area contributed by atoms with Crippen molar-refractivity contribution in [3.05, 3.63) is 42.1 Å². The first kappa shape index (κ1) is 16.3. The fourth-order valence-electron chi connectivity index (χ4n) is 4.02. The van der Waals surface area contributed by atoms with Crippen molar-refractivity contribution in [2.45, 2.75) is 25.2 Å². The van der Waals surface area contributed by atoms with Crippen LogP contribution in [0.2, 0.25) is 0 Å². The van der Waals surface area contributed by atoms with Gasteiger partial charge in [-0.15, -0.1) is 0 Å². The maximum atomic E-state index is 13.2. The van der Waals surface area contributed by atoms with Crippen molar-refractivity contribution in [1.82, 2.24) is 4.98 Å². The summed E-state index contributed by atoms with van der Waals surface area (Å²) in [5.74, 6) is 0.736. The average Bonchev–Trinajstić information content (AvgIpc) is 2.68. The molecule has 26 heavy (non-hydrogen) atoms. The third kappa shape index (κ3) is 2.02. The summed E-state index contributed by atoms with van der Waals surface area (Å²) < 4.78 is 5.57. The van der Waals surface area contributed by atoms with E-state index in [4.69, 9.17) is 15.0 Å². The lowest BCUT2D eigenvalue weighted by atomic mass is 9.75. The van der Waals surface area contributed by atoms with E-state index < -0.39 is 5.41 Å². The number of nitriles is 1. The van der Waals surface area contributed by atoms with Crippen molar-refractivity contribution in [1.29, 1.82) is 5.26 Å². The quantitative estimate of drug-likeness (QED) is 0.675. The van der Waals surface area contributed by atoms with Gasteiger partial charge in [0, 0.05) is 18.9 Å². The molecular weight excluding hydrogens is 326 g/mol. The topological polar surface area (TPSA) is 66.2 Å². The number of likely N-dealkylation sites (N-methyl/N-ethyl adjacent to an activating group) is 1. The molecule has 0 saturated heterocycles. The smallest absolute Gasteiger partial charge is 0.238 e. The van der Waals surface area contributed by atoms with Gasteiger partial charge in [0.1, 0.15) is 5.75 Å². The third-order valence-electron chi connectivity index (χ3n) is 5.40. The molecule has 4 rings (SSSR count). The molecule has 0 bridgehead atoms. The number of ether oxygens (including phenoxy) is 1. The molecule has 0 fully saturated rings. The van der Waals surface area contributed by atoms with Gasteiger partial charge in [-0.3, -0.25) is 9.78 Å². The number of rotatable bonds is 3. The SMILES string of the molecule is COc1cccc2nc3c4c(cccc4c12)N(C)C(=O)C3(C)CCC#N. The highest BCUT2D eigenvalue weighted by atomic mass is 16.5. The standard InChI is InChI=1S/C21H19N3O2/c1-21(11-6-12-22)19-18-13(7-4-9-15(18)24(2)20(21)25)17-14(23-19)8-5-10-16(17)26-3/h4-5,7-10H,6,11H2,1-3H3. The van der Waals surface area contributed by atoms with Crippen LogP contribution in [0.25, 0.3) is 21.7 Å². The lowest BCUT2D eigenvalue weighted by Crippen LogP contribution is -2.47. The van der Waals surface area contributed by atoms with Crippen LogP contribution in [0, 0.1) is 11.3 Å². The molecule has 0 N–H and O–H groups in total. The number of hydrogen-bond acceptors (Lipinski definition) is 4. The molecule has 1 aliphatic heterocycles. The van der Waals surface area contributed by atoms with Gasteiger partial charge in [-0.05, 0) is 36.9 Å². The monoisotopic (exact) mass is 345 g/mol. The first-order valence-electron chi connectivity index (χ1n) is 8.58. The summed E-state index contributed by atoms with van der Waals surface area (Å²) in [5, 5.41) is 12.0. The van der Waals surface area contributed by atoms with E-state index in [2.05, 4.69) is 6.07 Å². The second kappa shape index (κ2) is 5.70. The lowest BCUT2D eigenvalue weighted by molar-refractivity contribution is -0.123. The molecule has 1 unspecified atom stereocenters. The summed E-state index contributed by atoms with van der Waals surface area (Å²) in [6, 6.07) is 13.9. The number of carbonyl (C=O) groups excluding carboxylic acids is 1. The number of anilines is 1. The number of hydrogen-bond donors (Lipinski definition) is 0. The molecule has 1 atom stereocenters. The van der Waals surface area contributed by atoms with E-state index in [0.717, 1.165) is 38.8 Å². The molecule has 2 aromatic carbocycles. The van der Waals surface area contributed by atoms with Crippen LogP contribution in [0.15, 0.2) is 36.4 Å². The molecule has 0 spiro atoms. The van der Waals surface area contributed by atoms with Crippen molar-refractivity contribution >= 4 is 33.3 Å². The van der Waals surface area contributed by atoms with Crippen molar-refractivity contribution in [2.24, 2.45) is 0 Å². The third-order valence-corrected chi connectivity index (χ3v) is 5.40. The molecule has 3 aromatic rings. The van der Waals surface area contributed by atoms with Crippen molar-refractivity contribution < 1.29 is 9.53 Å². The van der Waals surface area contributed by atoms with Crippen LogP contribution in [-0.2, 0) is 10.2 Å². The Morgan fingerprint density at radius 1 is 1.23 bits per heavy atom. The first-order valence-corrected chi connectivity index (χ1v) is 8.58. The molecule has 0 saturated carbocycles. The maximum absolute atomic E-state index is 13.2. The van der Waals surface area contributed by atoms with Gasteiger partial charge in [-0.2, -0.15) is 5.26 Å². The fourth-order valence-corrected chi connectivity index (χ4v) is 4.02. The predicted octanol–water partition coefficient (Wildman–Crippen LogP) is 3.93. The molecule has 2 heterocycles. The normalized spacial score (nSPS) is 19.0. The number of methoxy groups -OCH3 is 1. The Hall–Kier alpha value is -3.13. The van der Waals surface area contributed by atoms with Crippen LogP contribution in [0.4, 0.5) is 5.69 Å². The Balaban J connectivity index is 2.19. The molecule has 1 amide bonds. The largest absolute Gasteiger partial charge is 0.496 e. The highest BCUT2D eigenvalue weighted by molar-refractivity contribution is 6.20. The zero-order valence-electron chi connectivity index (χ0n) is 15.0. The summed E-state index contributed by atoms with van der Waals surface area (Å²) in [6.07, 6.45) is 0.746. The summed E-state index contributed by atoms with van der Waals surface area (Å²) in [6.45, 7) is 1.90. The van der Waals surface area contributed by atoms with Gasteiger partial charge in [-0.25, -0.2) is 0 Å². The zero-order valence-corrected chi connectivity index (χ0v) is 15.0. The Morgan fingerprint density at radius 2 is 2.00 bits per heavy atom. The number of amides is 1. The van der Waals surface area contributed by atoms with Crippen molar-refractivity contribution in [2.75, 3.05) is 19.1 Å². The van der Waals surface area contributed by atoms with Crippen LogP contribution in [-0.4, -0.2) is 25.0 Å². The highest BCUT2D eigenvalue weighted by Gasteiger charge is 2.44. The Labute approximate surface area is 151 Å².